The first kappa shape index (κ1) is 24.2. The van der Waals surface area contributed by atoms with Crippen LogP contribution < -0.4 is 10.6 Å². The lowest BCUT2D eigenvalue weighted by Gasteiger charge is -2.33. The quantitative estimate of drug-likeness (QED) is 0.210. The third-order valence-electron chi connectivity index (χ3n) is 5.39. The molecule has 8 heteroatoms. The first-order valence-electron chi connectivity index (χ1n) is 10.1. The second-order valence-electron chi connectivity index (χ2n) is 7.36. The lowest BCUT2D eigenvalue weighted by Crippen LogP contribution is -2.49. The Morgan fingerprint density at radius 1 is 1.34 bits per heavy atom. The van der Waals surface area contributed by atoms with Crippen molar-refractivity contribution in [1.29, 1.82) is 0 Å². The number of aliphatic imine (C=N–C) groups is 1. The van der Waals surface area contributed by atoms with Crippen molar-refractivity contribution in [3.8, 4) is 0 Å². The molecule has 0 radical (unpaired) electrons. The van der Waals surface area contributed by atoms with Gasteiger partial charge in [0.15, 0.2) is 5.96 Å². The number of H-pyrrole nitrogens is 1. The van der Waals surface area contributed by atoms with Gasteiger partial charge in [-0.15, -0.1) is 24.0 Å². The molecule has 2 aromatic rings. The Hall–Kier alpha value is -1.03. The number of hydrogen-bond donors (Lipinski definition) is 3. The lowest BCUT2D eigenvalue weighted by molar-refractivity contribution is 0.155. The van der Waals surface area contributed by atoms with E-state index in [9.17, 15) is 0 Å². The zero-order chi connectivity index (χ0) is 19.8. The van der Waals surface area contributed by atoms with Crippen molar-refractivity contribution >= 4 is 52.4 Å². The maximum absolute atomic E-state index is 6.14. The molecule has 0 saturated carbocycles. The minimum atomic E-state index is 0. The molecule has 0 aliphatic carbocycles. The van der Waals surface area contributed by atoms with Gasteiger partial charge in [-0.05, 0) is 49.4 Å². The summed E-state index contributed by atoms with van der Waals surface area (Å²) in [7, 11) is 3.60. The number of aromatic nitrogens is 1. The minimum absolute atomic E-state index is 0. The molecule has 6 nitrogen and oxygen atoms in total. The first-order chi connectivity index (χ1) is 13.7. The summed E-state index contributed by atoms with van der Waals surface area (Å²) in [5.41, 5.74) is 2.39. The Labute approximate surface area is 195 Å². The van der Waals surface area contributed by atoms with Crippen LogP contribution in [0.1, 0.15) is 24.8 Å². The highest BCUT2D eigenvalue weighted by molar-refractivity contribution is 14.0. The van der Waals surface area contributed by atoms with Crippen LogP contribution in [0, 0.1) is 0 Å². The molecule has 3 rings (SSSR count). The average molecular weight is 534 g/mol. The van der Waals surface area contributed by atoms with Crippen molar-refractivity contribution < 1.29 is 4.74 Å². The van der Waals surface area contributed by atoms with Crippen LogP contribution in [0.5, 0.6) is 0 Å². The van der Waals surface area contributed by atoms with Crippen LogP contribution in [0.25, 0.3) is 10.9 Å². The first-order valence-corrected chi connectivity index (χ1v) is 10.5. The molecule has 2 heterocycles. The van der Waals surface area contributed by atoms with E-state index in [1.807, 2.05) is 25.2 Å². The van der Waals surface area contributed by atoms with E-state index in [4.69, 9.17) is 16.3 Å². The molecule has 0 spiro atoms. The van der Waals surface area contributed by atoms with E-state index in [1.165, 1.54) is 10.9 Å². The molecule has 1 aromatic carbocycles. The topological polar surface area (TPSA) is 64.7 Å². The predicted octanol–water partition coefficient (Wildman–Crippen LogP) is 3.65. The van der Waals surface area contributed by atoms with E-state index in [-0.39, 0.29) is 24.0 Å². The summed E-state index contributed by atoms with van der Waals surface area (Å²) < 4.78 is 5.14. The summed E-state index contributed by atoms with van der Waals surface area (Å²) in [5, 5.41) is 8.99. The third kappa shape index (κ3) is 7.31. The number of fused-ring (bicyclic) bond motifs is 1. The van der Waals surface area contributed by atoms with E-state index in [0.29, 0.717) is 6.04 Å². The molecule has 162 valence electrons. The number of guanidine groups is 1. The molecule has 29 heavy (non-hydrogen) atoms. The van der Waals surface area contributed by atoms with Crippen LogP contribution in [0.15, 0.2) is 29.4 Å². The van der Waals surface area contributed by atoms with Crippen LogP contribution in [0.2, 0.25) is 5.02 Å². The van der Waals surface area contributed by atoms with Gasteiger partial charge in [0.05, 0.1) is 0 Å². The van der Waals surface area contributed by atoms with Gasteiger partial charge in [-0.25, -0.2) is 0 Å². The molecule has 0 unspecified atom stereocenters. The van der Waals surface area contributed by atoms with Crippen molar-refractivity contribution in [2.24, 2.45) is 4.99 Å². The summed E-state index contributed by atoms with van der Waals surface area (Å²) in [6.07, 6.45) is 6.39. The van der Waals surface area contributed by atoms with Crippen molar-refractivity contribution in [3.63, 3.8) is 0 Å². The summed E-state index contributed by atoms with van der Waals surface area (Å²) in [5.74, 6) is 0.885. The second kappa shape index (κ2) is 12.6. The molecular weight excluding hydrogens is 501 g/mol. The highest BCUT2D eigenvalue weighted by Crippen LogP contribution is 2.22. The average Bonchev–Trinajstić information content (AvgIpc) is 3.10. The van der Waals surface area contributed by atoms with Crippen LogP contribution >= 0.6 is 35.6 Å². The summed E-state index contributed by atoms with van der Waals surface area (Å²) in [6, 6.07) is 6.45. The molecule has 1 fully saturated rings. The fraction of sp³-hybridized carbons (Fsp3) is 0.571. The van der Waals surface area contributed by atoms with Crippen LogP contribution in [-0.2, 0) is 11.2 Å². The number of likely N-dealkylation sites (tertiary alicyclic amines) is 1. The molecule has 0 bridgehead atoms. The van der Waals surface area contributed by atoms with Crippen LogP contribution in [0.4, 0.5) is 0 Å². The highest BCUT2D eigenvalue weighted by atomic mass is 127. The number of halogens is 2. The Kier molecular flexibility index (Phi) is 10.5. The van der Waals surface area contributed by atoms with Gasteiger partial charge in [0, 0.05) is 75.1 Å². The fourth-order valence-electron chi connectivity index (χ4n) is 3.79. The van der Waals surface area contributed by atoms with E-state index >= 15 is 0 Å². The number of rotatable bonds is 8. The summed E-state index contributed by atoms with van der Waals surface area (Å²) >= 11 is 6.14. The monoisotopic (exact) mass is 533 g/mol. The molecule has 0 amide bonds. The Bertz CT molecular complexity index is 774. The van der Waals surface area contributed by atoms with E-state index < -0.39 is 0 Å². The van der Waals surface area contributed by atoms with Crippen molar-refractivity contribution in [1.82, 2.24) is 20.5 Å². The number of nitrogens with zero attached hydrogens (tertiary/aromatic N) is 2. The van der Waals surface area contributed by atoms with Gasteiger partial charge < -0.3 is 25.3 Å². The largest absolute Gasteiger partial charge is 0.385 e. The normalized spacial score (nSPS) is 16.0. The van der Waals surface area contributed by atoms with Crippen molar-refractivity contribution in [3.05, 3.63) is 35.0 Å². The van der Waals surface area contributed by atoms with Gasteiger partial charge in [0.2, 0.25) is 0 Å². The van der Waals surface area contributed by atoms with Gasteiger partial charge in [-0.1, -0.05) is 11.6 Å². The van der Waals surface area contributed by atoms with Gasteiger partial charge in [0.25, 0.3) is 0 Å². The SMILES string of the molecule is CN=C(NCCc1c[nH]c2ccc(Cl)cc12)NC1CCN(CCCOC)CC1.I. The number of aromatic amines is 1. The lowest BCUT2D eigenvalue weighted by atomic mass is 10.1. The maximum Gasteiger partial charge on any atom is 0.191 e. The van der Waals surface area contributed by atoms with E-state index in [1.54, 1.807) is 7.11 Å². The minimum Gasteiger partial charge on any atom is -0.385 e. The molecule has 1 aliphatic rings. The zero-order valence-electron chi connectivity index (χ0n) is 17.3. The van der Waals surface area contributed by atoms with Crippen molar-refractivity contribution in [2.45, 2.75) is 31.7 Å². The predicted molar refractivity (Wildman–Crippen MR) is 133 cm³/mol. The van der Waals surface area contributed by atoms with Crippen LogP contribution in [0.3, 0.4) is 0 Å². The van der Waals surface area contributed by atoms with E-state index in [0.717, 1.165) is 75.0 Å². The molecule has 0 atom stereocenters. The standard InChI is InChI=1S/C21H32ClN5O.HI/c1-23-21(26-18-7-11-27(12-8-18)10-3-13-28-2)24-9-6-16-15-25-20-5-4-17(22)14-19(16)20;/h4-5,14-15,18,25H,3,6-13H2,1-2H3,(H2,23,24,26);1H. The highest BCUT2D eigenvalue weighted by Gasteiger charge is 2.19. The molecular formula is C21H33ClIN5O. The number of piperidine rings is 1. The number of nitrogens with one attached hydrogen (secondary N) is 3. The number of hydrogen-bond acceptors (Lipinski definition) is 3. The Morgan fingerprint density at radius 2 is 2.14 bits per heavy atom. The van der Waals surface area contributed by atoms with Gasteiger partial charge in [0.1, 0.15) is 0 Å². The number of methoxy groups -OCH3 is 1. The smallest absolute Gasteiger partial charge is 0.191 e. The molecule has 1 aliphatic heterocycles. The fourth-order valence-corrected chi connectivity index (χ4v) is 3.97. The maximum atomic E-state index is 6.14. The summed E-state index contributed by atoms with van der Waals surface area (Å²) in [4.78, 5) is 10.2. The third-order valence-corrected chi connectivity index (χ3v) is 5.63. The van der Waals surface area contributed by atoms with Gasteiger partial charge >= 0.3 is 0 Å². The van der Waals surface area contributed by atoms with Gasteiger partial charge in [-0.3, -0.25) is 4.99 Å². The Balaban J connectivity index is 0.00000300. The second-order valence-corrected chi connectivity index (χ2v) is 7.80. The molecule has 3 N–H and O–H groups in total. The molecule has 1 aromatic heterocycles. The number of ether oxygens (including phenoxy) is 1. The molecule has 1 saturated heterocycles. The van der Waals surface area contributed by atoms with Crippen LogP contribution in [-0.4, -0.2) is 68.8 Å². The van der Waals surface area contributed by atoms with Crippen molar-refractivity contribution in [2.75, 3.05) is 46.9 Å². The van der Waals surface area contributed by atoms with E-state index in [2.05, 4.69) is 31.7 Å². The zero-order valence-corrected chi connectivity index (χ0v) is 20.4. The Morgan fingerprint density at radius 3 is 2.86 bits per heavy atom. The van der Waals surface area contributed by atoms with Gasteiger partial charge in [-0.2, -0.15) is 0 Å². The number of benzene rings is 1. The summed E-state index contributed by atoms with van der Waals surface area (Å²) in [6.45, 7) is 5.07.